The van der Waals surface area contributed by atoms with Crippen LogP contribution in [0.1, 0.15) is 91.2 Å². The van der Waals surface area contributed by atoms with Crippen molar-refractivity contribution >= 4 is 35.0 Å². The summed E-state index contributed by atoms with van der Waals surface area (Å²) >= 11 is 1.21. The number of carbonyl (C=O) groups is 2. The van der Waals surface area contributed by atoms with Crippen LogP contribution in [0.2, 0.25) is 0 Å². The molecule has 1 fully saturated rings. The van der Waals surface area contributed by atoms with Gasteiger partial charge < -0.3 is 15.0 Å². The molecule has 2 aliphatic heterocycles. The van der Waals surface area contributed by atoms with Crippen molar-refractivity contribution in [2.75, 3.05) is 29.9 Å². The van der Waals surface area contributed by atoms with E-state index in [0.717, 1.165) is 55.0 Å². The highest BCUT2D eigenvalue weighted by Gasteiger charge is 2.33. The highest BCUT2D eigenvalue weighted by molar-refractivity contribution is 8.03. The van der Waals surface area contributed by atoms with E-state index >= 15 is 0 Å². The molecule has 53 heavy (non-hydrogen) atoms. The van der Waals surface area contributed by atoms with E-state index in [1.54, 1.807) is 4.68 Å². The Bertz CT molecular complexity index is 1970. The van der Waals surface area contributed by atoms with Gasteiger partial charge in [0.1, 0.15) is 10.7 Å². The minimum absolute atomic E-state index is 0.0163. The quantitative estimate of drug-likeness (QED) is 0.120. The van der Waals surface area contributed by atoms with Gasteiger partial charge in [-0.3, -0.25) is 9.59 Å². The average Bonchev–Trinajstić information content (AvgIpc) is 3.80. The molecule has 1 unspecified atom stereocenters. The van der Waals surface area contributed by atoms with Crippen LogP contribution in [0.4, 0.5) is 11.4 Å². The van der Waals surface area contributed by atoms with Crippen molar-refractivity contribution in [2.24, 2.45) is 16.1 Å². The summed E-state index contributed by atoms with van der Waals surface area (Å²) in [6, 6.07) is 24.1. The van der Waals surface area contributed by atoms with Crippen LogP contribution in [0, 0.1) is 5.92 Å². The maximum atomic E-state index is 12.9. The smallest absolute Gasteiger partial charge is 0.304 e. The first-order valence-electron chi connectivity index (χ1n) is 18.6. The van der Waals surface area contributed by atoms with Gasteiger partial charge in [0.2, 0.25) is 11.1 Å². The molecule has 12 heteroatoms. The highest BCUT2D eigenvalue weighted by Crippen LogP contribution is 2.40. The average molecular weight is 735 g/mol. The second kappa shape index (κ2) is 16.4. The summed E-state index contributed by atoms with van der Waals surface area (Å²) in [6.07, 6.45) is 4.88. The van der Waals surface area contributed by atoms with Crippen molar-refractivity contribution in [3.63, 3.8) is 0 Å². The fraction of sp³-hybridized carbons (Fsp3) is 0.439. The van der Waals surface area contributed by atoms with Crippen molar-refractivity contribution < 1.29 is 14.3 Å². The third-order valence-electron chi connectivity index (χ3n) is 10.7. The van der Waals surface area contributed by atoms with Gasteiger partial charge in [-0.25, -0.2) is 0 Å². The molecule has 278 valence electrons. The van der Waals surface area contributed by atoms with E-state index in [1.165, 1.54) is 22.9 Å². The van der Waals surface area contributed by atoms with E-state index in [4.69, 9.17) is 4.74 Å². The molecule has 1 aromatic heterocycles. The van der Waals surface area contributed by atoms with Crippen LogP contribution in [-0.2, 0) is 20.4 Å². The summed E-state index contributed by atoms with van der Waals surface area (Å²) in [5.74, 6) is 0.517. The van der Waals surface area contributed by atoms with Crippen LogP contribution >= 0.6 is 11.8 Å². The van der Waals surface area contributed by atoms with Crippen LogP contribution in [0.25, 0.3) is 5.69 Å². The molecule has 4 aromatic rings. The number of benzene rings is 3. The third kappa shape index (κ3) is 8.87. The predicted octanol–water partition coefficient (Wildman–Crippen LogP) is 9.05. The Hall–Kier alpha value is -4.84. The standard InChI is InChI=1S/C41H50N8O3S/c1-7-40(3,4)29-18-23-34(33(26-29)41(5,6)8-2)52-25-13-17-35(50)42-30-19-21-31(22-20-30)48-24-12-14-28(27-48)36-37(38(51)44-43-36)53-39-45-46-47-49(39)32-15-10-9-11-16-32/h9-11,15-16,18-23,26,28H,7-8,12-14,17,24-25,27H2,1-6H3,(H,42,50). The van der Waals surface area contributed by atoms with Crippen LogP contribution in [-0.4, -0.2) is 51.7 Å². The molecule has 11 nitrogen and oxygen atoms in total. The van der Waals surface area contributed by atoms with Gasteiger partial charge in [-0.1, -0.05) is 71.9 Å². The van der Waals surface area contributed by atoms with Gasteiger partial charge in [0.05, 0.1) is 18.0 Å². The van der Waals surface area contributed by atoms with Gasteiger partial charge in [0.25, 0.3) is 0 Å². The Balaban J connectivity index is 1.03. The van der Waals surface area contributed by atoms with Crippen molar-refractivity contribution in [1.82, 2.24) is 20.2 Å². The highest BCUT2D eigenvalue weighted by atomic mass is 32.2. The number of azo groups is 1. The summed E-state index contributed by atoms with van der Waals surface area (Å²) in [7, 11) is 0. The van der Waals surface area contributed by atoms with Crippen molar-refractivity contribution in [3.8, 4) is 11.4 Å². The first kappa shape index (κ1) is 37.9. The van der Waals surface area contributed by atoms with E-state index in [0.29, 0.717) is 41.8 Å². The number of hydrogen-bond donors (Lipinski definition) is 1. The number of nitrogens with one attached hydrogen (secondary N) is 1. The Labute approximate surface area is 316 Å². The van der Waals surface area contributed by atoms with Crippen LogP contribution in [0.15, 0.2) is 98.8 Å². The monoisotopic (exact) mass is 734 g/mol. The predicted molar refractivity (Wildman–Crippen MR) is 210 cm³/mol. The number of tetrazole rings is 1. The third-order valence-corrected chi connectivity index (χ3v) is 11.7. The van der Waals surface area contributed by atoms with Gasteiger partial charge in [-0.05, 0) is 113 Å². The minimum Gasteiger partial charge on any atom is -0.493 e. The second-order valence-electron chi connectivity index (χ2n) is 15.0. The molecule has 3 aromatic carbocycles. The summed E-state index contributed by atoms with van der Waals surface area (Å²) in [6.45, 7) is 15.6. The molecule has 6 rings (SSSR count). The number of hydrogen-bond acceptors (Lipinski definition) is 9. The Morgan fingerprint density at radius 3 is 2.43 bits per heavy atom. The molecular weight excluding hydrogens is 685 g/mol. The zero-order chi connectivity index (χ0) is 37.6. The number of aromatic nitrogens is 4. The number of rotatable bonds is 15. The molecule has 1 atom stereocenters. The summed E-state index contributed by atoms with van der Waals surface area (Å²) in [5.41, 5.74) is 5.92. The second-order valence-corrected chi connectivity index (χ2v) is 16.0. The van der Waals surface area contributed by atoms with E-state index in [2.05, 4.69) is 95.7 Å². The summed E-state index contributed by atoms with van der Waals surface area (Å²) in [5, 5.41) is 23.9. The number of para-hydroxylation sites is 1. The topological polar surface area (TPSA) is 127 Å². The molecule has 0 aliphatic carbocycles. The molecule has 2 aliphatic rings. The lowest BCUT2D eigenvalue weighted by molar-refractivity contribution is -0.116. The largest absolute Gasteiger partial charge is 0.493 e. The van der Waals surface area contributed by atoms with E-state index in [9.17, 15) is 9.59 Å². The first-order chi connectivity index (χ1) is 25.5. The molecule has 0 radical (unpaired) electrons. The maximum absolute atomic E-state index is 12.9. The van der Waals surface area contributed by atoms with E-state index in [-0.39, 0.29) is 28.6 Å². The lowest BCUT2D eigenvalue weighted by Crippen LogP contribution is -2.36. The van der Waals surface area contributed by atoms with Crippen LogP contribution in [0.5, 0.6) is 5.75 Å². The van der Waals surface area contributed by atoms with Crippen molar-refractivity contribution in [3.05, 3.63) is 94.5 Å². The lowest BCUT2D eigenvalue weighted by atomic mass is 9.76. The number of amides is 2. The van der Waals surface area contributed by atoms with Crippen LogP contribution < -0.4 is 15.0 Å². The normalized spacial score (nSPS) is 16.4. The molecule has 0 saturated carbocycles. The zero-order valence-corrected chi connectivity index (χ0v) is 32.4. The van der Waals surface area contributed by atoms with Crippen LogP contribution in [0.3, 0.4) is 0 Å². The van der Waals surface area contributed by atoms with Gasteiger partial charge in [-0.15, -0.1) is 15.3 Å². The zero-order valence-electron chi connectivity index (χ0n) is 31.6. The van der Waals surface area contributed by atoms with Crippen molar-refractivity contribution in [2.45, 2.75) is 96.1 Å². The SMILES string of the molecule is CCC(C)(C)c1ccc(OCCCC(=O)Nc2ccc(N3CCCC(C4=C(Sc5nnnn5-c5ccccc5)C(=O)N=N4)C3)cc2)c(C(C)(C)CC)c1. The number of nitrogens with zero attached hydrogens (tertiary/aromatic N) is 7. The number of carbonyl (C=O) groups excluding carboxylic acids is 2. The molecule has 1 saturated heterocycles. The van der Waals surface area contributed by atoms with Gasteiger partial charge in [-0.2, -0.15) is 4.68 Å². The summed E-state index contributed by atoms with van der Waals surface area (Å²) in [4.78, 5) is 28.5. The minimum atomic E-state index is -0.369. The van der Waals surface area contributed by atoms with Gasteiger partial charge in [0, 0.05) is 42.4 Å². The molecule has 0 spiro atoms. The van der Waals surface area contributed by atoms with Gasteiger partial charge in [0.15, 0.2) is 0 Å². The van der Waals surface area contributed by atoms with E-state index in [1.807, 2.05) is 54.6 Å². The van der Waals surface area contributed by atoms with E-state index < -0.39 is 0 Å². The molecule has 3 heterocycles. The number of anilines is 2. The number of thioether (sulfide) groups is 1. The lowest BCUT2D eigenvalue weighted by Gasteiger charge is -2.34. The van der Waals surface area contributed by atoms with Gasteiger partial charge >= 0.3 is 5.91 Å². The maximum Gasteiger partial charge on any atom is 0.304 e. The molecule has 2 amide bonds. The molecular formula is C41H50N8O3S. The number of ether oxygens (including phenoxy) is 1. The fourth-order valence-electron chi connectivity index (χ4n) is 6.56. The Morgan fingerprint density at radius 2 is 1.70 bits per heavy atom. The first-order valence-corrected chi connectivity index (χ1v) is 19.5. The Morgan fingerprint density at radius 1 is 0.943 bits per heavy atom. The fourth-order valence-corrected chi connectivity index (χ4v) is 7.49. The Kier molecular flexibility index (Phi) is 11.8. The molecule has 1 N–H and O–H groups in total. The summed E-state index contributed by atoms with van der Waals surface area (Å²) < 4.78 is 7.90. The van der Waals surface area contributed by atoms with Crippen molar-refractivity contribution in [1.29, 1.82) is 0 Å². The number of piperidine rings is 1. The molecule has 0 bridgehead atoms.